The number of aliphatic hydroxyl groups is 1. The van der Waals surface area contributed by atoms with E-state index in [1.165, 1.54) is 11.1 Å². The monoisotopic (exact) mass is 264 g/mol. The van der Waals surface area contributed by atoms with E-state index in [2.05, 4.69) is 25.1 Å². The third-order valence-corrected chi connectivity index (χ3v) is 3.46. The summed E-state index contributed by atoms with van der Waals surface area (Å²) in [5.41, 5.74) is 2.59. The van der Waals surface area contributed by atoms with Crippen LogP contribution in [0, 0.1) is 0 Å². The van der Waals surface area contributed by atoms with E-state index in [4.69, 9.17) is 9.47 Å². The van der Waals surface area contributed by atoms with Gasteiger partial charge in [-0.15, -0.1) is 0 Å². The van der Waals surface area contributed by atoms with Gasteiger partial charge in [-0.1, -0.05) is 19.1 Å². The lowest BCUT2D eigenvalue weighted by Crippen LogP contribution is -2.12. The Morgan fingerprint density at radius 1 is 1.32 bits per heavy atom. The predicted molar refractivity (Wildman–Crippen MR) is 75.7 cm³/mol. The molecule has 0 saturated heterocycles. The number of hydrogen-bond donors (Lipinski definition) is 1. The number of hydrogen-bond acceptors (Lipinski definition) is 3. The molecule has 0 aromatic heterocycles. The topological polar surface area (TPSA) is 38.7 Å². The summed E-state index contributed by atoms with van der Waals surface area (Å²) in [6, 6.07) is 6.36. The minimum atomic E-state index is -0.263. The summed E-state index contributed by atoms with van der Waals surface area (Å²) in [6.45, 7) is 4.34. The van der Waals surface area contributed by atoms with Crippen LogP contribution in [0.25, 0.3) is 0 Å². The van der Waals surface area contributed by atoms with Crippen LogP contribution in [0.1, 0.15) is 37.3 Å². The van der Waals surface area contributed by atoms with Crippen molar-refractivity contribution in [2.24, 2.45) is 0 Å². The Labute approximate surface area is 115 Å². The fourth-order valence-corrected chi connectivity index (χ4v) is 2.34. The van der Waals surface area contributed by atoms with E-state index in [1.807, 2.05) is 0 Å². The first-order chi connectivity index (χ1) is 9.29. The number of rotatable bonds is 8. The molecule has 0 saturated carbocycles. The van der Waals surface area contributed by atoms with Gasteiger partial charge < -0.3 is 14.6 Å². The van der Waals surface area contributed by atoms with Gasteiger partial charge in [0.15, 0.2) is 0 Å². The SMILES string of the molecule is CCCOCCC(O)CCc1ccc2c(c1)CCO2. The van der Waals surface area contributed by atoms with Crippen molar-refractivity contribution in [2.45, 2.75) is 45.1 Å². The zero-order chi connectivity index (χ0) is 13.5. The fraction of sp³-hybridized carbons (Fsp3) is 0.625. The molecule has 1 aromatic carbocycles. The van der Waals surface area contributed by atoms with Crippen LogP contribution in [0.3, 0.4) is 0 Å². The third kappa shape index (κ3) is 4.51. The molecular weight excluding hydrogens is 240 g/mol. The van der Waals surface area contributed by atoms with E-state index in [0.29, 0.717) is 6.61 Å². The maximum Gasteiger partial charge on any atom is 0.122 e. The van der Waals surface area contributed by atoms with Crippen molar-refractivity contribution in [2.75, 3.05) is 19.8 Å². The summed E-state index contributed by atoms with van der Waals surface area (Å²) in [5, 5.41) is 9.90. The Morgan fingerprint density at radius 2 is 2.21 bits per heavy atom. The number of benzene rings is 1. The van der Waals surface area contributed by atoms with Gasteiger partial charge in [0, 0.05) is 19.6 Å². The van der Waals surface area contributed by atoms with Gasteiger partial charge in [-0.25, -0.2) is 0 Å². The maximum absolute atomic E-state index is 9.90. The van der Waals surface area contributed by atoms with Crippen molar-refractivity contribution in [1.29, 1.82) is 0 Å². The summed E-state index contributed by atoms with van der Waals surface area (Å²) in [4.78, 5) is 0. The molecule has 3 nitrogen and oxygen atoms in total. The molecule has 0 amide bonds. The summed E-state index contributed by atoms with van der Waals surface area (Å²) in [5.74, 6) is 1.03. The molecular formula is C16H24O3. The highest BCUT2D eigenvalue weighted by atomic mass is 16.5. The highest BCUT2D eigenvalue weighted by Crippen LogP contribution is 2.26. The van der Waals surface area contributed by atoms with E-state index < -0.39 is 0 Å². The Bertz CT molecular complexity index is 390. The van der Waals surface area contributed by atoms with E-state index in [0.717, 1.165) is 51.1 Å². The number of aliphatic hydroxyl groups excluding tert-OH is 1. The molecule has 0 radical (unpaired) electrons. The second kappa shape index (κ2) is 7.51. The molecule has 106 valence electrons. The molecule has 2 rings (SSSR count). The number of aryl methyl sites for hydroxylation is 1. The number of ether oxygens (including phenoxy) is 2. The lowest BCUT2D eigenvalue weighted by Gasteiger charge is -2.11. The molecule has 19 heavy (non-hydrogen) atoms. The molecule has 0 spiro atoms. The first-order valence-electron chi connectivity index (χ1n) is 7.30. The van der Waals surface area contributed by atoms with E-state index in [1.54, 1.807) is 0 Å². The van der Waals surface area contributed by atoms with Crippen molar-refractivity contribution in [3.63, 3.8) is 0 Å². The number of fused-ring (bicyclic) bond motifs is 1. The Balaban J connectivity index is 1.70. The summed E-state index contributed by atoms with van der Waals surface area (Å²) in [6.07, 6.45) is 4.23. The highest BCUT2D eigenvalue weighted by Gasteiger charge is 2.12. The van der Waals surface area contributed by atoms with Gasteiger partial charge in [0.25, 0.3) is 0 Å². The van der Waals surface area contributed by atoms with Crippen LogP contribution in [0.5, 0.6) is 5.75 Å². The minimum Gasteiger partial charge on any atom is -0.493 e. The lowest BCUT2D eigenvalue weighted by molar-refractivity contribution is 0.0786. The highest BCUT2D eigenvalue weighted by molar-refractivity contribution is 5.39. The molecule has 3 heteroatoms. The van der Waals surface area contributed by atoms with Gasteiger partial charge in [0.1, 0.15) is 5.75 Å². The van der Waals surface area contributed by atoms with Crippen LogP contribution in [-0.4, -0.2) is 31.0 Å². The average molecular weight is 264 g/mol. The first kappa shape index (κ1) is 14.4. The van der Waals surface area contributed by atoms with Crippen LogP contribution >= 0.6 is 0 Å². The van der Waals surface area contributed by atoms with Gasteiger partial charge >= 0.3 is 0 Å². The molecule has 1 heterocycles. The Hall–Kier alpha value is -1.06. The molecule has 0 fully saturated rings. The van der Waals surface area contributed by atoms with Crippen molar-refractivity contribution in [1.82, 2.24) is 0 Å². The zero-order valence-corrected chi connectivity index (χ0v) is 11.7. The maximum atomic E-state index is 9.90. The van der Waals surface area contributed by atoms with Crippen LogP contribution < -0.4 is 4.74 Å². The molecule has 0 bridgehead atoms. The van der Waals surface area contributed by atoms with Crippen LogP contribution in [0.2, 0.25) is 0 Å². The van der Waals surface area contributed by atoms with Crippen LogP contribution in [0.15, 0.2) is 18.2 Å². The molecule has 0 aliphatic carbocycles. The standard InChI is InChI=1S/C16H24O3/c1-2-9-18-10-8-15(17)5-3-13-4-6-16-14(12-13)7-11-19-16/h4,6,12,15,17H,2-3,5,7-11H2,1H3. The molecule has 1 atom stereocenters. The minimum absolute atomic E-state index is 0.263. The normalized spacial score (nSPS) is 15.1. The van der Waals surface area contributed by atoms with E-state index in [9.17, 15) is 5.11 Å². The largest absolute Gasteiger partial charge is 0.493 e. The molecule has 1 N–H and O–H groups in total. The quantitative estimate of drug-likeness (QED) is 0.734. The first-order valence-corrected chi connectivity index (χ1v) is 7.30. The Morgan fingerprint density at radius 3 is 3.05 bits per heavy atom. The summed E-state index contributed by atoms with van der Waals surface area (Å²) >= 11 is 0. The second-order valence-electron chi connectivity index (χ2n) is 5.13. The van der Waals surface area contributed by atoms with Crippen LogP contribution in [-0.2, 0) is 17.6 Å². The lowest BCUT2D eigenvalue weighted by atomic mass is 10.0. The van der Waals surface area contributed by atoms with Gasteiger partial charge in [-0.3, -0.25) is 0 Å². The van der Waals surface area contributed by atoms with Gasteiger partial charge in [0.05, 0.1) is 12.7 Å². The molecule has 1 unspecified atom stereocenters. The van der Waals surface area contributed by atoms with Gasteiger partial charge in [-0.05, 0) is 42.9 Å². The van der Waals surface area contributed by atoms with Gasteiger partial charge in [-0.2, -0.15) is 0 Å². The van der Waals surface area contributed by atoms with E-state index >= 15 is 0 Å². The van der Waals surface area contributed by atoms with Gasteiger partial charge in [0.2, 0.25) is 0 Å². The second-order valence-corrected chi connectivity index (χ2v) is 5.13. The Kier molecular flexibility index (Phi) is 5.67. The van der Waals surface area contributed by atoms with E-state index in [-0.39, 0.29) is 6.10 Å². The average Bonchev–Trinajstić information content (AvgIpc) is 2.89. The fourth-order valence-electron chi connectivity index (χ4n) is 2.34. The molecule has 1 aromatic rings. The van der Waals surface area contributed by atoms with Crippen molar-refractivity contribution < 1.29 is 14.6 Å². The predicted octanol–water partition coefficient (Wildman–Crippen LogP) is 2.73. The van der Waals surface area contributed by atoms with Crippen LogP contribution in [0.4, 0.5) is 0 Å². The smallest absolute Gasteiger partial charge is 0.122 e. The van der Waals surface area contributed by atoms with Crippen molar-refractivity contribution >= 4 is 0 Å². The van der Waals surface area contributed by atoms with Crippen molar-refractivity contribution in [3.8, 4) is 5.75 Å². The van der Waals surface area contributed by atoms with Crippen molar-refractivity contribution in [3.05, 3.63) is 29.3 Å². The molecule has 1 aliphatic heterocycles. The third-order valence-electron chi connectivity index (χ3n) is 3.46. The zero-order valence-electron chi connectivity index (χ0n) is 11.7. The summed E-state index contributed by atoms with van der Waals surface area (Å²) < 4.78 is 10.9. The summed E-state index contributed by atoms with van der Waals surface area (Å²) in [7, 11) is 0. The molecule has 1 aliphatic rings.